The zero-order valence-corrected chi connectivity index (χ0v) is 15.4. The first-order valence-corrected chi connectivity index (χ1v) is 8.48. The van der Waals surface area contributed by atoms with E-state index >= 15 is 0 Å². The second-order valence-corrected chi connectivity index (χ2v) is 6.90. The fourth-order valence-corrected chi connectivity index (χ4v) is 3.26. The van der Waals surface area contributed by atoms with E-state index < -0.39 is 12.1 Å². The fourth-order valence-electron chi connectivity index (χ4n) is 3.26. The van der Waals surface area contributed by atoms with Crippen LogP contribution in [-0.4, -0.2) is 46.1 Å². The molecule has 136 valence electrons. The van der Waals surface area contributed by atoms with E-state index in [2.05, 4.69) is 32.9 Å². The van der Waals surface area contributed by atoms with Gasteiger partial charge in [-0.1, -0.05) is 26.7 Å². The van der Waals surface area contributed by atoms with E-state index in [1.165, 1.54) is 7.11 Å². The van der Waals surface area contributed by atoms with Crippen LogP contribution in [0, 0.1) is 24.2 Å². The third-order valence-corrected chi connectivity index (χ3v) is 4.91. The second kappa shape index (κ2) is 7.60. The average Bonchev–Trinajstić information content (AvgIpc) is 3.16. The molecule has 0 spiro atoms. The van der Waals surface area contributed by atoms with Crippen molar-refractivity contribution >= 4 is 12.0 Å². The number of alkyl carbamates (subject to hydrolysis) is 1. The van der Waals surface area contributed by atoms with Crippen molar-refractivity contribution in [1.29, 1.82) is 0 Å². The molecule has 1 aromatic heterocycles. The zero-order valence-electron chi connectivity index (χ0n) is 15.4. The molecule has 0 bridgehead atoms. The largest absolute Gasteiger partial charge is 0.453 e. The normalized spacial score (nSPS) is 24.0. The molecule has 2 N–H and O–H groups in total. The Morgan fingerprint density at radius 1 is 1.48 bits per heavy atom. The SMILES string of the molecule is C#Cc1cnc([C@@H]2C[C@@H](C)[C@@H](C)N2C(=O)[C@@H](NC(=O)OC)C(C)C)[nH]1. The molecule has 1 saturated heterocycles. The molecule has 1 fully saturated rings. The van der Waals surface area contributed by atoms with Crippen molar-refractivity contribution in [1.82, 2.24) is 20.2 Å². The lowest BCUT2D eigenvalue weighted by Crippen LogP contribution is -2.53. The lowest BCUT2D eigenvalue weighted by Gasteiger charge is -2.33. The van der Waals surface area contributed by atoms with Crippen LogP contribution in [0.3, 0.4) is 0 Å². The number of hydrogen-bond acceptors (Lipinski definition) is 4. The van der Waals surface area contributed by atoms with Crippen LogP contribution in [0.25, 0.3) is 0 Å². The van der Waals surface area contributed by atoms with E-state index in [0.29, 0.717) is 17.4 Å². The summed E-state index contributed by atoms with van der Waals surface area (Å²) < 4.78 is 4.66. The molecule has 7 heteroatoms. The molecule has 2 amide bonds. The van der Waals surface area contributed by atoms with Gasteiger partial charge in [-0.05, 0) is 25.2 Å². The number of methoxy groups -OCH3 is 1. The highest BCUT2D eigenvalue weighted by Gasteiger charge is 2.44. The minimum atomic E-state index is -0.662. The summed E-state index contributed by atoms with van der Waals surface area (Å²) in [7, 11) is 1.28. The summed E-state index contributed by atoms with van der Waals surface area (Å²) in [5.74, 6) is 3.29. The number of aromatic nitrogens is 2. The van der Waals surface area contributed by atoms with Crippen molar-refractivity contribution in [3.05, 3.63) is 17.7 Å². The predicted molar refractivity (Wildman–Crippen MR) is 93.5 cm³/mol. The number of H-pyrrole nitrogens is 1. The average molecular weight is 346 g/mol. The number of aromatic amines is 1. The molecule has 1 aromatic rings. The van der Waals surface area contributed by atoms with Crippen molar-refractivity contribution < 1.29 is 14.3 Å². The van der Waals surface area contributed by atoms with Crippen molar-refractivity contribution in [3.63, 3.8) is 0 Å². The Morgan fingerprint density at radius 2 is 2.16 bits per heavy atom. The molecule has 0 unspecified atom stereocenters. The van der Waals surface area contributed by atoms with E-state index in [1.807, 2.05) is 25.7 Å². The number of hydrogen-bond donors (Lipinski definition) is 2. The molecule has 0 aliphatic carbocycles. The van der Waals surface area contributed by atoms with Gasteiger partial charge in [0.25, 0.3) is 0 Å². The number of ether oxygens (including phenoxy) is 1. The van der Waals surface area contributed by atoms with Crippen LogP contribution in [0.5, 0.6) is 0 Å². The first-order valence-electron chi connectivity index (χ1n) is 8.48. The van der Waals surface area contributed by atoms with Crippen LogP contribution in [0.1, 0.15) is 51.7 Å². The number of likely N-dealkylation sites (tertiary alicyclic amines) is 1. The van der Waals surface area contributed by atoms with Crippen molar-refractivity contribution in [2.75, 3.05) is 7.11 Å². The first kappa shape index (κ1) is 18.8. The highest BCUT2D eigenvalue weighted by Crippen LogP contribution is 2.39. The molecule has 0 saturated carbocycles. The number of carbonyl (C=O) groups excluding carboxylic acids is 2. The highest BCUT2D eigenvalue weighted by atomic mass is 16.5. The third kappa shape index (κ3) is 3.78. The standard InChI is InChI=1S/C18H26N4O3/c1-7-13-9-19-16(20-13)14-8-11(4)12(5)22(14)17(23)15(10(2)3)21-18(24)25-6/h1,9-12,14-15H,8H2,2-6H3,(H,19,20)(H,21,24)/t11-,12-,14+,15+/m1/s1. The summed E-state index contributed by atoms with van der Waals surface area (Å²) in [5, 5.41) is 2.65. The third-order valence-electron chi connectivity index (χ3n) is 4.91. The van der Waals surface area contributed by atoms with Gasteiger partial charge in [0, 0.05) is 6.04 Å². The fraction of sp³-hybridized carbons (Fsp3) is 0.611. The molecule has 0 aromatic carbocycles. The number of terminal acetylenes is 1. The van der Waals surface area contributed by atoms with Gasteiger partial charge in [0.05, 0.1) is 19.3 Å². The summed E-state index contributed by atoms with van der Waals surface area (Å²) in [6.07, 6.45) is 7.17. The maximum atomic E-state index is 13.2. The van der Waals surface area contributed by atoms with Crippen LogP contribution >= 0.6 is 0 Å². The molecule has 2 heterocycles. The number of amides is 2. The minimum Gasteiger partial charge on any atom is -0.453 e. The van der Waals surface area contributed by atoms with E-state index in [1.54, 1.807) is 6.20 Å². The van der Waals surface area contributed by atoms with Crippen LogP contribution in [0.2, 0.25) is 0 Å². The molecule has 4 atom stereocenters. The molecule has 2 rings (SSSR count). The van der Waals surface area contributed by atoms with Crippen LogP contribution in [0.4, 0.5) is 4.79 Å². The lowest BCUT2D eigenvalue weighted by molar-refractivity contribution is -0.137. The summed E-state index contributed by atoms with van der Waals surface area (Å²) in [5.41, 5.74) is 0.586. The van der Waals surface area contributed by atoms with Gasteiger partial charge in [-0.3, -0.25) is 4.79 Å². The van der Waals surface area contributed by atoms with Gasteiger partial charge in [0.1, 0.15) is 17.6 Å². The Hall–Kier alpha value is -2.49. The smallest absolute Gasteiger partial charge is 0.407 e. The van der Waals surface area contributed by atoms with Crippen LogP contribution < -0.4 is 5.32 Å². The van der Waals surface area contributed by atoms with Crippen molar-refractivity contribution in [2.24, 2.45) is 11.8 Å². The Balaban J connectivity index is 2.32. The second-order valence-electron chi connectivity index (χ2n) is 6.90. The van der Waals surface area contributed by atoms with E-state index in [0.717, 1.165) is 6.42 Å². The van der Waals surface area contributed by atoms with Crippen molar-refractivity contribution in [2.45, 2.75) is 52.2 Å². The van der Waals surface area contributed by atoms with Gasteiger partial charge >= 0.3 is 6.09 Å². The van der Waals surface area contributed by atoms with Gasteiger partial charge < -0.3 is 19.9 Å². The molecule has 7 nitrogen and oxygen atoms in total. The Kier molecular flexibility index (Phi) is 5.73. The number of rotatable bonds is 4. The monoisotopic (exact) mass is 346 g/mol. The van der Waals surface area contributed by atoms with Gasteiger partial charge in [0.15, 0.2) is 0 Å². The topological polar surface area (TPSA) is 87.3 Å². The Labute approximate surface area is 148 Å². The van der Waals surface area contributed by atoms with Crippen molar-refractivity contribution in [3.8, 4) is 12.3 Å². The summed E-state index contributed by atoms with van der Waals surface area (Å²) in [6.45, 7) is 7.90. The van der Waals surface area contributed by atoms with Gasteiger partial charge in [-0.2, -0.15) is 0 Å². The van der Waals surface area contributed by atoms with E-state index in [4.69, 9.17) is 6.42 Å². The molecule has 25 heavy (non-hydrogen) atoms. The number of carbonyl (C=O) groups is 2. The minimum absolute atomic E-state index is 0.0255. The Morgan fingerprint density at radius 3 is 2.68 bits per heavy atom. The Bertz CT molecular complexity index is 676. The van der Waals surface area contributed by atoms with Crippen LogP contribution in [0.15, 0.2) is 6.20 Å². The maximum absolute atomic E-state index is 13.2. The molecular formula is C18H26N4O3. The van der Waals surface area contributed by atoms with Crippen LogP contribution in [-0.2, 0) is 9.53 Å². The van der Waals surface area contributed by atoms with Gasteiger partial charge in [-0.15, -0.1) is 6.42 Å². The van der Waals surface area contributed by atoms with E-state index in [9.17, 15) is 9.59 Å². The highest BCUT2D eigenvalue weighted by molar-refractivity contribution is 5.86. The first-order chi connectivity index (χ1) is 11.8. The summed E-state index contributed by atoms with van der Waals surface area (Å²) in [6, 6.07) is -0.831. The zero-order chi connectivity index (χ0) is 18.7. The van der Waals surface area contributed by atoms with Gasteiger partial charge in [0.2, 0.25) is 5.91 Å². The summed E-state index contributed by atoms with van der Waals surface area (Å²) in [4.78, 5) is 34.1. The van der Waals surface area contributed by atoms with E-state index in [-0.39, 0.29) is 23.9 Å². The predicted octanol–water partition coefficient (Wildman–Crippen LogP) is 2.07. The molecular weight excluding hydrogens is 320 g/mol. The molecule has 1 aliphatic rings. The number of imidazole rings is 1. The van der Waals surface area contributed by atoms with Gasteiger partial charge in [-0.25, -0.2) is 9.78 Å². The maximum Gasteiger partial charge on any atom is 0.407 e. The quantitative estimate of drug-likeness (QED) is 0.817. The number of nitrogens with one attached hydrogen (secondary N) is 2. The lowest BCUT2D eigenvalue weighted by atomic mass is 10.0. The summed E-state index contributed by atoms with van der Waals surface area (Å²) >= 11 is 0. The number of nitrogens with zero attached hydrogens (tertiary/aromatic N) is 2. The molecule has 1 aliphatic heterocycles. The molecule has 0 radical (unpaired) electrons.